The average Bonchev–Trinajstić information content (AvgIpc) is 2.58. The maximum atomic E-state index is 5.86. The number of aromatic amines is 1. The zero-order valence-electron chi connectivity index (χ0n) is 7.67. The van der Waals surface area contributed by atoms with Crippen molar-refractivity contribution >= 4 is 16.7 Å². The zero-order chi connectivity index (χ0) is 9.26. The van der Waals surface area contributed by atoms with Gasteiger partial charge in [0.25, 0.3) is 0 Å². The molecule has 0 bridgehead atoms. The van der Waals surface area contributed by atoms with E-state index in [0.717, 1.165) is 29.6 Å². The molecule has 3 nitrogen and oxygen atoms in total. The number of fused-ring (bicyclic) bond motifs is 1. The van der Waals surface area contributed by atoms with Crippen LogP contribution in [0.2, 0.25) is 0 Å². The lowest BCUT2D eigenvalue weighted by atomic mass is 10.1. The summed E-state index contributed by atoms with van der Waals surface area (Å²) in [5.74, 6) is 0. The molecule has 0 aliphatic carbocycles. The number of hydrogen-bond donors (Lipinski definition) is 2. The predicted molar refractivity (Wildman–Crippen MR) is 54.5 cm³/mol. The van der Waals surface area contributed by atoms with Gasteiger partial charge in [-0.25, -0.2) is 4.98 Å². The molecule has 2 heterocycles. The first-order valence-corrected chi connectivity index (χ1v) is 4.53. The van der Waals surface area contributed by atoms with Crippen LogP contribution in [0.25, 0.3) is 11.0 Å². The van der Waals surface area contributed by atoms with Gasteiger partial charge in [-0.05, 0) is 18.1 Å². The van der Waals surface area contributed by atoms with E-state index in [-0.39, 0.29) is 0 Å². The lowest BCUT2D eigenvalue weighted by Crippen LogP contribution is -1.96. The van der Waals surface area contributed by atoms with E-state index in [4.69, 9.17) is 5.73 Å². The molecule has 13 heavy (non-hydrogen) atoms. The number of hydrogen-bond acceptors (Lipinski definition) is 2. The Morgan fingerprint density at radius 2 is 2.38 bits per heavy atom. The zero-order valence-corrected chi connectivity index (χ0v) is 7.67. The Labute approximate surface area is 77.0 Å². The molecule has 2 aromatic rings. The molecule has 0 atom stereocenters. The van der Waals surface area contributed by atoms with Gasteiger partial charge < -0.3 is 10.7 Å². The van der Waals surface area contributed by atoms with Crippen LogP contribution in [-0.4, -0.2) is 9.97 Å². The Balaban J connectivity index is 2.66. The third kappa shape index (κ3) is 1.26. The molecule has 0 saturated heterocycles. The molecule has 0 aromatic carbocycles. The van der Waals surface area contributed by atoms with E-state index in [1.807, 2.05) is 12.3 Å². The summed E-state index contributed by atoms with van der Waals surface area (Å²) in [5.41, 5.74) is 8.80. The maximum Gasteiger partial charge on any atom is 0.137 e. The Bertz CT molecular complexity index is 417. The van der Waals surface area contributed by atoms with Crippen LogP contribution in [0, 0.1) is 0 Å². The van der Waals surface area contributed by atoms with Gasteiger partial charge in [0.2, 0.25) is 0 Å². The molecule has 0 saturated carbocycles. The minimum Gasteiger partial charge on any atom is -0.397 e. The summed E-state index contributed by atoms with van der Waals surface area (Å²) in [7, 11) is 0. The molecule has 3 N–H and O–H groups in total. The van der Waals surface area contributed by atoms with Gasteiger partial charge in [0, 0.05) is 11.6 Å². The van der Waals surface area contributed by atoms with Crippen molar-refractivity contribution in [2.45, 2.75) is 19.8 Å². The van der Waals surface area contributed by atoms with Crippen LogP contribution in [-0.2, 0) is 6.42 Å². The van der Waals surface area contributed by atoms with E-state index in [1.165, 1.54) is 5.56 Å². The van der Waals surface area contributed by atoms with Gasteiger partial charge in [-0.3, -0.25) is 0 Å². The summed E-state index contributed by atoms with van der Waals surface area (Å²) in [6, 6.07) is 2.03. The minimum atomic E-state index is 0.800. The predicted octanol–water partition coefficient (Wildman–Crippen LogP) is 2.10. The number of nitrogens with one attached hydrogen (secondary N) is 1. The Morgan fingerprint density at radius 1 is 1.54 bits per heavy atom. The van der Waals surface area contributed by atoms with Gasteiger partial charge >= 0.3 is 0 Å². The fraction of sp³-hybridized carbons (Fsp3) is 0.300. The van der Waals surface area contributed by atoms with Crippen LogP contribution in [0.4, 0.5) is 5.69 Å². The summed E-state index contributed by atoms with van der Waals surface area (Å²) < 4.78 is 0. The highest BCUT2D eigenvalue weighted by molar-refractivity contribution is 5.83. The van der Waals surface area contributed by atoms with Crippen molar-refractivity contribution in [3.05, 3.63) is 24.0 Å². The van der Waals surface area contributed by atoms with Crippen molar-refractivity contribution in [1.82, 2.24) is 9.97 Å². The largest absolute Gasteiger partial charge is 0.397 e. The van der Waals surface area contributed by atoms with Gasteiger partial charge in [-0.15, -0.1) is 0 Å². The van der Waals surface area contributed by atoms with E-state index in [2.05, 4.69) is 16.9 Å². The van der Waals surface area contributed by atoms with Gasteiger partial charge in [0.1, 0.15) is 5.65 Å². The summed E-state index contributed by atoms with van der Waals surface area (Å²) in [6.45, 7) is 2.15. The highest BCUT2D eigenvalue weighted by Crippen LogP contribution is 2.22. The third-order valence-corrected chi connectivity index (χ3v) is 2.23. The van der Waals surface area contributed by atoms with Gasteiger partial charge in [-0.2, -0.15) is 0 Å². The topological polar surface area (TPSA) is 54.7 Å². The van der Waals surface area contributed by atoms with E-state index in [9.17, 15) is 0 Å². The van der Waals surface area contributed by atoms with E-state index in [0.29, 0.717) is 0 Å². The standard InChI is InChI=1S/C10H13N3/c1-2-3-7-8-4-5-12-10(8)13-6-9(7)11/h4-6H,2-3,11H2,1H3,(H,12,13). The lowest BCUT2D eigenvalue weighted by Gasteiger charge is -2.04. The van der Waals surface area contributed by atoms with Crippen molar-refractivity contribution in [3.8, 4) is 0 Å². The third-order valence-electron chi connectivity index (χ3n) is 2.23. The Kier molecular flexibility index (Phi) is 1.93. The van der Waals surface area contributed by atoms with Crippen LogP contribution in [0.1, 0.15) is 18.9 Å². The summed E-state index contributed by atoms with van der Waals surface area (Å²) in [6.07, 6.45) is 5.75. The molecule has 2 rings (SSSR count). The molecule has 0 spiro atoms. The normalized spacial score (nSPS) is 10.8. The molecule has 0 amide bonds. The van der Waals surface area contributed by atoms with E-state index >= 15 is 0 Å². The highest BCUT2D eigenvalue weighted by Gasteiger charge is 2.05. The molecule has 3 heteroatoms. The van der Waals surface area contributed by atoms with Crippen molar-refractivity contribution < 1.29 is 0 Å². The van der Waals surface area contributed by atoms with E-state index < -0.39 is 0 Å². The molecule has 2 aromatic heterocycles. The number of rotatable bonds is 2. The number of pyridine rings is 1. The van der Waals surface area contributed by atoms with Gasteiger partial charge in [0.15, 0.2) is 0 Å². The highest BCUT2D eigenvalue weighted by atomic mass is 14.8. The summed E-state index contributed by atoms with van der Waals surface area (Å²) in [4.78, 5) is 7.28. The summed E-state index contributed by atoms with van der Waals surface area (Å²) >= 11 is 0. The second-order valence-electron chi connectivity index (χ2n) is 3.18. The number of nitrogens with zero attached hydrogens (tertiary/aromatic N) is 1. The molecular weight excluding hydrogens is 162 g/mol. The first kappa shape index (κ1) is 8.10. The molecule has 68 valence electrons. The van der Waals surface area contributed by atoms with Crippen LogP contribution in [0.3, 0.4) is 0 Å². The second-order valence-corrected chi connectivity index (χ2v) is 3.18. The van der Waals surface area contributed by atoms with Crippen molar-refractivity contribution in [3.63, 3.8) is 0 Å². The molecule has 0 aliphatic heterocycles. The number of aromatic nitrogens is 2. The minimum absolute atomic E-state index is 0.800. The quantitative estimate of drug-likeness (QED) is 0.734. The number of nitrogen functional groups attached to an aromatic ring is 1. The van der Waals surface area contributed by atoms with E-state index in [1.54, 1.807) is 6.20 Å². The smallest absolute Gasteiger partial charge is 0.137 e. The molecule has 0 unspecified atom stereocenters. The first-order chi connectivity index (χ1) is 6.33. The van der Waals surface area contributed by atoms with Gasteiger partial charge in [0.05, 0.1) is 11.9 Å². The van der Waals surface area contributed by atoms with Gasteiger partial charge in [-0.1, -0.05) is 13.3 Å². The number of nitrogens with two attached hydrogens (primary N) is 1. The molecule has 0 aliphatic rings. The van der Waals surface area contributed by atoms with Crippen molar-refractivity contribution in [2.24, 2.45) is 0 Å². The Morgan fingerprint density at radius 3 is 3.15 bits per heavy atom. The Hall–Kier alpha value is -1.51. The SMILES string of the molecule is CCCc1c(N)cnc2[nH]ccc12. The monoisotopic (exact) mass is 175 g/mol. The maximum absolute atomic E-state index is 5.86. The fourth-order valence-electron chi connectivity index (χ4n) is 1.61. The molecular formula is C10H13N3. The number of aryl methyl sites for hydroxylation is 1. The van der Waals surface area contributed by atoms with Crippen LogP contribution in [0.5, 0.6) is 0 Å². The average molecular weight is 175 g/mol. The fourth-order valence-corrected chi connectivity index (χ4v) is 1.61. The van der Waals surface area contributed by atoms with Crippen LogP contribution >= 0.6 is 0 Å². The lowest BCUT2D eigenvalue weighted by molar-refractivity contribution is 0.930. The van der Waals surface area contributed by atoms with Crippen LogP contribution < -0.4 is 5.73 Å². The first-order valence-electron chi connectivity index (χ1n) is 4.53. The number of anilines is 1. The molecule has 0 radical (unpaired) electrons. The van der Waals surface area contributed by atoms with Crippen LogP contribution in [0.15, 0.2) is 18.5 Å². The molecule has 0 fully saturated rings. The second kappa shape index (κ2) is 3.09. The van der Waals surface area contributed by atoms with Crippen molar-refractivity contribution in [1.29, 1.82) is 0 Å². The summed E-state index contributed by atoms with van der Waals surface area (Å²) in [5, 5.41) is 1.15. The van der Waals surface area contributed by atoms with Crippen molar-refractivity contribution in [2.75, 3.05) is 5.73 Å². The number of H-pyrrole nitrogens is 1.